The van der Waals surface area contributed by atoms with Crippen molar-refractivity contribution in [3.8, 4) is 0 Å². The number of hydrogen-bond donors (Lipinski definition) is 1. The van der Waals surface area contributed by atoms with Crippen molar-refractivity contribution in [2.45, 2.75) is 79.7 Å². The van der Waals surface area contributed by atoms with Crippen LogP contribution in [0.1, 0.15) is 57.1 Å². The van der Waals surface area contributed by atoms with Crippen LogP contribution in [0, 0.1) is 17.2 Å². The number of carbonyl (C=O) groups excluding carboxylic acids is 1. The highest BCUT2D eigenvalue weighted by Gasteiger charge is 2.74. The summed E-state index contributed by atoms with van der Waals surface area (Å²) >= 11 is 0. The lowest BCUT2D eigenvalue weighted by Crippen LogP contribution is -2.60. The minimum absolute atomic E-state index is 0.0590. The number of sulfone groups is 1. The highest BCUT2D eigenvalue weighted by Crippen LogP contribution is 2.58. The first-order valence-electron chi connectivity index (χ1n) is 14.9. The van der Waals surface area contributed by atoms with Crippen molar-refractivity contribution < 1.29 is 58.2 Å². The smallest absolute Gasteiger partial charge is 0.435 e. The van der Waals surface area contributed by atoms with Crippen molar-refractivity contribution in [2.75, 3.05) is 24.5 Å². The van der Waals surface area contributed by atoms with Gasteiger partial charge in [0.1, 0.15) is 10.6 Å². The van der Waals surface area contributed by atoms with E-state index >= 15 is 4.39 Å². The Balaban J connectivity index is 1.70. The fourth-order valence-electron chi connectivity index (χ4n) is 7.47. The van der Waals surface area contributed by atoms with E-state index in [0.29, 0.717) is 6.07 Å². The lowest BCUT2D eigenvalue weighted by Gasteiger charge is -2.49. The van der Waals surface area contributed by atoms with E-state index in [1.54, 1.807) is 6.92 Å². The molecule has 1 N–H and O–H groups in total. The van der Waals surface area contributed by atoms with Crippen LogP contribution in [-0.4, -0.2) is 68.3 Å². The van der Waals surface area contributed by atoms with Gasteiger partial charge >= 0.3 is 24.0 Å². The van der Waals surface area contributed by atoms with Gasteiger partial charge in [-0.15, -0.1) is 0 Å². The molecule has 2 aromatic carbocycles. The molecule has 1 aliphatic carbocycles. The highest BCUT2D eigenvalue weighted by atomic mass is 32.2. The number of carboxylic acid groups (broad SMARTS) is 1. The van der Waals surface area contributed by atoms with Gasteiger partial charge in [0.15, 0.2) is 9.84 Å². The molecule has 0 aromatic heterocycles. The third-order valence-corrected chi connectivity index (χ3v) is 12.8. The van der Waals surface area contributed by atoms with Crippen molar-refractivity contribution in [1.29, 1.82) is 0 Å². The molecule has 7 nitrogen and oxygen atoms in total. The van der Waals surface area contributed by atoms with E-state index in [4.69, 9.17) is 0 Å². The molecule has 1 saturated carbocycles. The van der Waals surface area contributed by atoms with Crippen LogP contribution in [0.2, 0.25) is 0 Å². The normalized spacial score (nSPS) is 26.9. The molecule has 0 bridgehead atoms. The minimum atomic E-state index is -6.41. The van der Waals surface area contributed by atoms with Gasteiger partial charge in [-0.3, -0.25) is 9.59 Å². The topological polar surface area (TPSA) is 95.0 Å². The second kappa shape index (κ2) is 11.3. The van der Waals surface area contributed by atoms with E-state index in [-0.39, 0.29) is 69.1 Å². The number of rotatable bonds is 6. The molecule has 3 aliphatic rings. The summed E-state index contributed by atoms with van der Waals surface area (Å²) in [7, 11) is -4.67. The number of carboxylic acids is 1. The van der Waals surface area contributed by atoms with Gasteiger partial charge in [0.05, 0.1) is 16.9 Å². The zero-order valence-corrected chi connectivity index (χ0v) is 26.1. The van der Waals surface area contributed by atoms with Gasteiger partial charge in [0.25, 0.3) is 0 Å². The Morgan fingerprint density at radius 3 is 2.02 bits per heavy atom. The fourth-order valence-corrected chi connectivity index (χ4v) is 9.77. The largest absolute Gasteiger partial charge is 0.481 e. The molecule has 0 radical (unpaired) electrons. The van der Waals surface area contributed by atoms with Crippen LogP contribution in [0.25, 0.3) is 0 Å². The molecule has 2 heterocycles. The Morgan fingerprint density at radius 2 is 1.51 bits per heavy atom. The van der Waals surface area contributed by atoms with Crippen molar-refractivity contribution in [3.05, 3.63) is 59.4 Å². The number of alkyl halides is 7. The molecule has 5 rings (SSSR count). The van der Waals surface area contributed by atoms with Crippen LogP contribution in [0.3, 0.4) is 0 Å². The Labute approximate surface area is 265 Å². The Hall–Kier alpha value is -3.43. The zero-order chi connectivity index (χ0) is 35.0. The van der Waals surface area contributed by atoms with Gasteiger partial charge in [-0.2, -0.15) is 26.3 Å². The monoisotopic (exact) mass is 696 g/mol. The van der Waals surface area contributed by atoms with Crippen LogP contribution >= 0.6 is 0 Å². The fraction of sp³-hybridized carbons (Fsp3) is 0.548. The lowest BCUT2D eigenvalue weighted by atomic mass is 9.70. The van der Waals surface area contributed by atoms with E-state index in [1.807, 2.05) is 0 Å². The second-order valence-electron chi connectivity index (χ2n) is 12.7. The molecule has 0 spiro atoms. The van der Waals surface area contributed by atoms with Crippen molar-refractivity contribution in [3.63, 3.8) is 0 Å². The van der Waals surface area contributed by atoms with Gasteiger partial charge in [0.2, 0.25) is 5.91 Å². The second-order valence-corrected chi connectivity index (χ2v) is 14.9. The average molecular weight is 697 g/mol. The highest BCUT2D eigenvalue weighted by molar-refractivity contribution is 7.92. The average Bonchev–Trinajstić information content (AvgIpc) is 3.39. The number of likely N-dealkylation sites (N-methyl/N-ethyl adjacent to an activating group) is 1. The van der Waals surface area contributed by atoms with Crippen LogP contribution < -0.4 is 4.90 Å². The Morgan fingerprint density at radius 1 is 0.936 bits per heavy atom. The number of benzene rings is 2. The van der Waals surface area contributed by atoms with Crippen LogP contribution in [-0.2, 0) is 29.8 Å². The quantitative estimate of drug-likeness (QED) is 0.274. The molecular weight excluding hydrogens is 664 g/mol. The van der Waals surface area contributed by atoms with Gasteiger partial charge in [-0.05, 0) is 74.9 Å². The van der Waals surface area contributed by atoms with Gasteiger partial charge < -0.3 is 14.9 Å². The van der Waals surface area contributed by atoms with Gasteiger partial charge in [-0.25, -0.2) is 17.2 Å². The van der Waals surface area contributed by atoms with Gasteiger partial charge in [0, 0.05) is 36.3 Å². The third kappa shape index (κ3) is 5.16. The maximum absolute atomic E-state index is 15.2. The van der Waals surface area contributed by atoms with E-state index < -0.39 is 78.1 Å². The Bertz CT molecular complexity index is 1660. The molecule has 47 heavy (non-hydrogen) atoms. The first-order valence-corrected chi connectivity index (χ1v) is 16.4. The summed E-state index contributed by atoms with van der Waals surface area (Å²) in [4.78, 5) is 28.0. The summed E-state index contributed by atoms with van der Waals surface area (Å²) in [5.41, 5.74) is -9.21. The predicted molar refractivity (Wildman–Crippen MR) is 152 cm³/mol. The van der Waals surface area contributed by atoms with Crippen LogP contribution in [0.5, 0.6) is 0 Å². The standard InChI is InChI=1S/C31H32F8N2O5S/c1-3-40-17-24-28(47(45,46)21-7-5-20(32)6-8-21,14-15-41(24)26(44)27(2)12-10-18(11-13-27)25(42)43)22-9-4-19(16-23(22)40)29(33,30(34,35)36)31(37,38)39/h4-9,16,18,24H,3,10-15,17H2,1-2H3,(H,42,43). The first-order chi connectivity index (χ1) is 21.7. The van der Waals surface area contributed by atoms with Crippen molar-refractivity contribution >= 4 is 27.4 Å². The number of aliphatic carboxylic acids is 1. The van der Waals surface area contributed by atoms with Crippen molar-refractivity contribution in [1.82, 2.24) is 4.90 Å². The predicted octanol–water partition coefficient (Wildman–Crippen LogP) is 6.51. The first kappa shape index (κ1) is 34.9. The third-order valence-electron chi connectivity index (χ3n) is 10.2. The molecule has 2 atom stereocenters. The number of nitrogens with zero attached hydrogens (tertiary/aromatic N) is 2. The molecule has 2 unspecified atom stereocenters. The summed E-state index contributed by atoms with van der Waals surface area (Å²) in [6, 6.07) is 3.91. The molecule has 2 aromatic rings. The molecule has 1 amide bonds. The Kier molecular flexibility index (Phi) is 8.41. The van der Waals surface area contributed by atoms with Crippen LogP contribution in [0.4, 0.5) is 40.8 Å². The summed E-state index contributed by atoms with van der Waals surface area (Å²) < 4.78 is 139. The van der Waals surface area contributed by atoms with E-state index in [0.717, 1.165) is 30.3 Å². The maximum atomic E-state index is 15.2. The number of halogens is 8. The summed E-state index contributed by atoms with van der Waals surface area (Å²) in [5.74, 6) is -2.89. The van der Waals surface area contributed by atoms with E-state index in [9.17, 15) is 53.8 Å². The molecule has 258 valence electrons. The maximum Gasteiger partial charge on any atom is 0.435 e. The number of fused-ring (bicyclic) bond motifs is 3. The molecule has 1 saturated heterocycles. The zero-order valence-electron chi connectivity index (χ0n) is 25.3. The number of amides is 1. The molecular formula is C31H32F8N2O5S. The molecule has 2 fully saturated rings. The van der Waals surface area contributed by atoms with Crippen LogP contribution in [0.15, 0.2) is 47.4 Å². The summed E-state index contributed by atoms with van der Waals surface area (Å²) in [6.07, 6.45) is -12.4. The molecule has 2 aliphatic heterocycles. The van der Waals surface area contributed by atoms with E-state index in [1.165, 1.54) is 16.7 Å². The van der Waals surface area contributed by atoms with Gasteiger partial charge in [-0.1, -0.05) is 19.1 Å². The summed E-state index contributed by atoms with van der Waals surface area (Å²) in [5, 5.41) is 9.43. The summed E-state index contributed by atoms with van der Waals surface area (Å²) in [6.45, 7) is 2.60. The lowest BCUT2D eigenvalue weighted by molar-refractivity contribution is -0.348. The number of likely N-dealkylation sites (tertiary alicyclic amines) is 1. The minimum Gasteiger partial charge on any atom is -0.481 e. The number of hydrogen-bond acceptors (Lipinski definition) is 5. The van der Waals surface area contributed by atoms with E-state index in [2.05, 4.69) is 0 Å². The van der Waals surface area contributed by atoms with Crippen molar-refractivity contribution in [2.24, 2.45) is 11.3 Å². The molecule has 16 heteroatoms. The number of anilines is 1. The SMILES string of the molecule is CCN1CC2N(C(=O)C3(C)CCC(C(=O)O)CC3)CCC2(S(=O)(=O)c2ccc(F)cc2)c2ccc(C(F)(C(F)(F)F)C(F)(F)F)cc21. The number of carbonyl (C=O) groups is 2.